The van der Waals surface area contributed by atoms with Gasteiger partial charge in [-0.15, -0.1) is 0 Å². The van der Waals surface area contributed by atoms with Crippen molar-refractivity contribution < 1.29 is 4.79 Å². The molecule has 0 atom stereocenters. The highest BCUT2D eigenvalue weighted by atomic mass is 16.1. The number of amides is 1. The predicted octanol–water partition coefficient (Wildman–Crippen LogP) is 3.29. The maximum atomic E-state index is 12.0. The van der Waals surface area contributed by atoms with Gasteiger partial charge in [0, 0.05) is 18.7 Å². The van der Waals surface area contributed by atoms with Crippen molar-refractivity contribution >= 4 is 11.6 Å². The molecule has 2 rings (SSSR count). The number of benzene rings is 1. The molecule has 1 aromatic carbocycles. The topological polar surface area (TPSA) is 55.1 Å². The Bertz CT molecular complexity index is 450. The minimum atomic E-state index is 0.146. The summed E-state index contributed by atoms with van der Waals surface area (Å²) < 4.78 is 0. The van der Waals surface area contributed by atoms with E-state index < -0.39 is 0 Å². The Morgan fingerprint density at radius 2 is 2.00 bits per heavy atom. The number of para-hydroxylation sites is 1. The lowest BCUT2D eigenvalue weighted by Crippen LogP contribution is -2.35. The summed E-state index contributed by atoms with van der Waals surface area (Å²) in [6.45, 7) is 3.08. The molecule has 1 fully saturated rings. The zero-order chi connectivity index (χ0) is 14.4. The van der Waals surface area contributed by atoms with E-state index in [0.717, 1.165) is 24.2 Å². The number of hydrogen-bond acceptors (Lipinski definition) is 2. The van der Waals surface area contributed by atoms with E-state index in [1.54, 1.807) is 0 Å². The Morgan fingerprint density at radius 1 is 1.30 bits per heavy atom. The zero-order valence-electron chi connectivity index (χ0n) is 12.5. The van der Waals surface area contributed by atoms with Gasteiger partial charge < -0.3 is 11.1 Å². The maximum absolute atomic E-state index is 12.0. The second-order valence-corrected chi connectivity index (χ2v) is 6.04. The van der Waals surface area contributed by atoms with E-state index in [1.165, 1.54) is 32.1 Å². The van der Waals surface area contributed by atoms with Gasteiger partial charge in [0.1, 0.15) is 0 Å². The third-order valence-electron chi connectivity index (χ3n) is 4.75. The molecule has 0 spiro atoms. The molecule has 1 aromatic rings. The molecule has 0 aliphatic heterocycles. The van der Waals surface area contributed by atoms with E-state index in [0.29, 0.717) is 11.8 Å². The molecule has 0 heterocycles. The predicted molar refractivity (Wildman–Crippen MR) is 83.4 cm³/mol. The molecule has 0 radical (unpaired) electrons. The van der Waals surface area contributed by atoms with Crippen LogP contribution in [-0.2, 0) is 11.2 Å². The summed E-state index contributed by atoms with van der Waals surface area (Å²) >= 11 is 0. The van der Waals surface area contributed by atoms with Gasteiger partial charge in [-0.25, -0.2) is 0 Å². The minimum Gasteiger partial charge on any atom is -0.399 e. The largest absolute Gasteiger partial charge is 0.399 e. The molecule has 0 aromatic heterocycles. The first-order valence-electron chi connectivity index (χ1n) is 7.75. The maximum Gasteiger partial charge on any atom is 0.220 e. The molecule has 0 bridgehead atoms. The fourth-order valence-corrected chi connectivity index (χ4v) is 3.16. The molecule has 3 N–H and O–H groups in total. The van der Waals surface area contributed by atoms with Crippen molar-refractivity contribution in [3.63, 3.8) is 0 Å². The molecule has 1 aliphatic carbocycles. The van der Waals surface area contributed by atoms with Gasteiger partial charge in [-0.05, 0) is 42.7 Å². The van der Waals surface area contributed by atoms with E-state index in [4.69, 9.17) is 5.73 Å². The van der Waals surface area contributed by atoms with Crippen molar-refractivity contribution in [2.75, 3.05) is 12.3 Å². The van der Waals surface area contributed by atoms with Crippen molar-refractivity contribution in [2.45, 2.75) is 51.9 Å². The van der Waals surface area contributed by atoms with Crippen molar-refractivity contribution in [1.29, 1.82) is 0 Å². The molecule has 1 saturated carbocycles. The molecule has 1 amide bonds. The molecular formula is C17H26N2O. The zero-order valence-corrected chi connectivity index (χ0v) is 12.5. The molecule has 0 saturated heterocycles. The molecule has 1 aliphatic rings. The van der Waals surface area contributed by atoms with Gasteiger partial charge in [0.15, 0.2) is 0 Å². The lowest BCUT2D eigenvalue weighted by atomic mass is 9.83. The summed E-state index contributed by atoms with van der Waals surface area (Å²) in [6.07, 6.45) is 7.55. The lowest BCUT2D eigenvalue weighted by Gasteiger charge is -2.27. The molecule has 3 nitrogen and oxygen atoms in total. The lowest BCUT2D eigenvalue weighted by molar-refractivity contribution is -0.121. The van der Waals surface area contributed by atoms with E-state index in [9.17, 15) is 4.79 Å². The number of hydrogen-bond donors (Lipinski definition) is 2. The van der Waals surface area contributed by atoms with Gasteiger partial charge in [0.25, 0.3) is 0 Å². The molecule has 0 unspecified atom stereocenters. The third kappa shape index (κ3) is 3.75. The molecule has 20 heavy (non-hydrogen) atoms. The van der Waals surface area contributed by atoms with Crippen LogP contribution in [-0.4, -0.2) is 12.5 Å². The van der Waals surface area contributed by atoms with Crippen LogP contribution >= 0.6 is 0 Å². The first-order valence-corrected chi connectivity index (χ1v) is 7.75. The number of carbonyl (C=O) groups excluding carboxylic acids is 1. The van der Waals surface area contributed by atoms with E-state index in [1.807, 2.05) is 24.3 Å². The summed E-state index contributed by atoms with van der Waals surface area (Å²) in [5.74, 6) is 0.146. The highest BCUT2D eigenvalue weighted by molar-refractivity contribution is 5.76. The average molecular weight is 274 g/mol. The van der Waals surface area contributed by atoms with Crippen molar-refractivity contribution in [1.82, 2.24) is 5.32 Å². The number of rotatable bonds is 6. The Kier molecular flexibility index (Phi) is 5.05. The normalized spacial score (nSPS) is 17.1. The third-order valence-corrected chi connectivity index (χ3v) is 4.75. The second-order valence-electron chi connectivity index (χ2n) is 6.04. The van der Waals surface area contributed by atoms with Gasteiger partial charge in [0.05, 0.1) is 0 Å². The Morgan fingerprint density at radius 3 is 2.65 bits per heavy atom. The molecule has 110 valence electrons. The number of nitrogen functional groups attached to an aromatic ring is 1. The van der Waals surface area contributed by atoms with Crippen LogP contribution in [0.1, 0.15) is 51.0 Å². The van der Waals surface area contributed by atoms with Crippen LogP contribution in [0.2, 0.25) is 0 Å². The quantitative estimate of drug-likeness (QED) is 0.782. The van der Waals surface area contributed by atoms with E-state index in [-0.39, 0.29) is 5.91 Å². The van der Waals surface area contributed by atoms with Crippen molar-refractivity contribution in [3.8, 4) is 0 Å². The fraction of sp³-hybridized carbons (Fsp3) is 0.588. The van der Waals surface area contributed by atoms with Crippen LogP contribution < -0.4 is 11.1 Å². The summed E-state index contributed by atoms with van der Waals surface area (Å²) in [5, 5.41) is 3.13. The summed E-state index contributed by atoms with van der Waals surface area (Å²) in [6, 6.07) is 7.77. The SMILES string of the molecule is CCC1(CNC(=O)CCc2ccccc2N)CCCC1. The first kappa shape index (κ1) is 14.9. The number of nitrogens with one attached hydrogen (secondary N) is 1. The highest BCUT2D eigenvalue weighted by Crippen LogP contribution is 2.40. The van der Waals surface area contributed by atoms with Gasteiger partial charge in [-0.3, -0.25) is 4.79 Å². The van der Waals surface area contributed by atoms with Crippen LogP contribution in [0.25, 0.3) is 0 Å². The van der Waals surface area contributed by atoms with Crippen LogP contribution in [0.4, 0.5) is 5.69 Å². The van der Waals surface area contributed by atoms with Gasteiger partial charge in [-0.2, -0.15) is 0 Å². The Balaban J connectivity index is 1.77. The monoisotopic (exact) mass is 274 g/mol. The number of aryl methyl sites for hydroxylation is 1. The first-order chi connectivity index (χ1) is 9.65. The van der Waals surface area contributed by atoms with Crippen LogP contribution in [0, 0.1) is 5.41 Å². The number of nitrogens with two attached hydrogens (primary N) is 1. The Hall–Kier alpha value is -1.51. The van der Waals surface area contributed by atoms with Gasteiger partial charge >= 0.3 is 0 Å². The molecular weight excluding hydrogens is 248 g/mol. The summed E-state index contributed by atoms with van der Waals surface area (Å²) in [7, 11) is 0. The van der Waals surface area contributed by atoms with Crippen LogP contribution in [0.3, 0.4) is 0 Å². The smallest absolute Gasteiger partial charge is 0.220 e. The van der Waals surface area contributed by atoms with Crippen LogP contribution in [0.15, 0.2) is 24.3 Å². The second kappa shape index (κ2) is 6.78. The standard InChI is InChI=1S/C17H26N2O/c1-2-17(11-5-6-12-17)13-19-16(20)10-9-14-7-3-4-8-15(14)18/h3-4,7-8H,2,5-6,9-13,18H2,1H3,(H,19,20). The molecule has 3 heteroatoms. The average Bonchev–Trinajstić information content (AvgIpc) is 2.94. The number of carbonyl (C=O) groups is 1. The highest BCUT2D eigenvalue weighted by Gasteiger charge is 2.31. The summed E-state index contributed by atoms with van der Waals surface area (Å²) in [4.78, 5) is 12.0. The van der Waals surface area contributed by atoms with Gasteiger partial charge in [-0.1, -0.05) is 38.0 Å². The van der Waals surface area contributed by atoms with E-state index in [2.05, 4.69) is 12.2 Å². The fourth-order valence-electron chi connectivity index (χ4n) is 3.16. The van der Waals surface area contributed by atoms with Crippen molar-refractivity contribution in [3.05, 3.63) is 29.8 Å². The van der Waals surface area contributed by atoms with Crippen LogP contribution in [0.5, 0.6) is 0 Å². The van der Waals surface area contributed by atoms with E-state index >= 15 is 0 Å². The number of anilines is 1. The Labute approximate surface area is 121 Å². The van der Waals surface area contributed by atoms with Crippen molar-refractivity contribution in [2.24, 2.45) is 5.41 Å². The summed E-state index contributed by atoms with van der Waals surface area (Å²) in [5.41, 5.74) is 8.10. The minimum absolute atomic E-state index is 0.146. The van der Waals surface area contributed by atoms with Gasteiger partial charge in [0.2, 0.25) is 5.91 Å².